The van der Waals surface area contributed by atoms with Crippen molar-refractivity contribution in [3.05, 3.63) is 59.9 Å². The summed E-state index contributed by atoms with van der Waals surface area (Å²) in [6, 6.07) is 11.4. The number of hydrogen-bond donors (Lipinski definition) is 2. The first-order valence-electron chi connectivity index (χ1n) is 6.24. The van der Waals surface area contributed by atoms with Crippen LogP contribution in [0.3, 0.4) is 0 Å². The molecule has 0 aliphatic heterocycles. The van der Waals surface area contributed by atoms with E-state index in [9.17, 15) is 4.79 Å². The molecule has 0 fully saturated rings. The Morgan fingerprint density at radius 3 is 2.89 bits per heavy atom. The molecule has 2 rings (SSSR count). The number of pyridine rings is 1. The number of anilines is 1. The lowest BCUT2D eigenvalue weighted by Gasteiger charge is -2.08. The van der Waals surface area contributed by atoms with E-state index in [4.69, 9.17) is 0 Å². The first-order chi connectivity index (χ1) is 9.24. The smallest absolute Gasteiger partial charge is 0.319 e. The molecule has 98 valence electrons. The highest BCUT2D eigenvalue weighted by molar-refractivity contribution is 5.89. The molecular weight excluding hydrogens is 238 g/mol. The van der Waals surface area contributed by atoms with Crippen molar-refractivity contribution in [1.82, 2.24) is 10.3 Å². The van der Waals surface area contributed by atoms with E-state index in [-0.39, 0.29) is 6.03 Å². The first kappa shape index (κ1) is 13.1. The van der Waals surface area contributed by atoms with Gasteiger partial charge in [0.2, 0.25) is 0 Å². The molecule has 2 aromatic rings. The van der Waals surface area contributed by atoms with Crippen LogP contribution >= 0.6 is 0 Å². The Kier molecular flexibility index (Phi) is 4.50. The largest absolute Gasteiger partial charge is 0.338 e. The van der Waals surface area contributed by atoms with Crippen molar-refractivity contribution in [2.75, 3.05) is 11.9 Å². The fourth-order valence-electron chi connectivity index (χ4n) is 1.76. The van der Waals surface area contributed by atoms with Crippen molar-refractivity contribution in [2.45, 2.75) is 13.3 Å². The van der Waals surface area contributed by atoms with Crippen LogP contribution in [-0.2, 0) is 6.42 Å². The van der Waals surface area contributed by atoms with Gasteiger partial charge in [-0.25, -0.2) is 4.79 Å². The summed E-state index contributed by atoms with van der Waals surface area (Å²) < 4.78 is 0. The second-order valence-corrected chi connectivity index (χ2v) is 4.36. The fourth-order valence-corrected chi connectivity index (χ4v) is 1.76. The standard InChI is InChI=1S/C15H17N3O/c1-12-4-2-6-14(10-12)18-15(19)17-9-7-13-5-3-8-16-11-13/h2-6,8,10-11H,7,9H2,1H3,(H2,17,18,19). The van der Waals surface area contributed by atoms with Crippen LogP contribution in [0.2, 0.25) is 0 Å². The van der Waals surface area contributed by atoms with Crippen LogP contribution < -0.4 is 10.6 Å². The molecule has 1 aromatic heterocycles. The third-order valence-corrected chi connectivity index (χ3v) is 2.70. The third-order valence-electron chi connectivity index (χ3n) is 2.70. The van der Waals surface area contributed by atoms with Gasteiger partial charge in [-0.15, -0.1) is 0 Å². The van der Waals surface area contributed by atoms with Gasteiger partial charge in [-0.05, 0) is 42.7 Å². The van der Waals surface area contributed by atoms with Crippen molar-refractivity contribution in [2.24, 2.45) is 0 Å². The van der Waals surface area contributed by atoms with E-state index in [1.807, 2.05) is 43.3 Å². The number of nitrogens with zero attached hydrogens (tertiary/aromatic N) is 1. The molecule has 0 aliphatic carbocycles. The Bertz CT molecular complexity index is 540. The Morgan fingerprint density at radius 1 is 1.26 bits per heavy atom. The molecule has 1 heterocycles. The van der Waals surface area contributed by atoms with Gasteiger partial charge in [-0.1, -0.05) is 18.2 Å². The number of benzene rings is 1. The first-order valence-corrected chi connectivity index (χ1v) is 6.24. The molecule has 4 nitrogen and oxygen atoms in total. The zero-order valence-electron chi connectivity index (χ0n) is 10.9. The minimum absolute atomic E-state index is 0.186. The van der Waals surface area contributed by atoms with Gasteiger partial charge in [0, 0.05) is 24.6 Å². The highest BCUT2D eigenvalue weighted by Crippen LogP contribution is 2.08. The van der Waals surface area contributed by atoms with Crippen molar-refractivity contribution in [3.63, 3.8) is 0 Å². The topological polar surface area (TPSA) is 54.0 Å². The number of aryl methyl sites for hydroxylation is 1. The van der Waals surface area contributed by atoms with Gasteiger partial charge in [0.15, 0.2) is 0 Å². The van der Waals surface area contributed by atoms with Gasteiger partial charge in [0.05, 0.1) is 0 Å². The van der Waals surface area contributed by atoms with E-state index >= 15 is 0 Å². The summed E-state index contributed by atoms with van der Waals surface area (Å²) >= 11 is 0. The van der Waals surface area contributed by atoms with Crippen LogP contribution in [0.5, 0.6) is 0 Å². The summed E-state index contributed by atoms with van der Waals surface area (Å²) in [6.45, 7) is 2.58. The molecule has 1 aromatic carbocycles. The molecule has 2 N–H and O–H groups in total. The summed E-state index contributed by atoms with van der Waals surface area (Å²) in [5.41, 5.74) is 3.03. The summed E-state index contributed by atoms with van der Waals surface area (Å²) in [4.78, 5) is 15.7. The monoisotopic (exact) mass is 255 g/mol. The second kappa shape index (κ2) is 6.54. The van der Waals surface area contributed by atoms with E-state index in [1.165, 1.54) is 0 Å². The molecule has 0 unspecified atom stereocenters. The van der Waals surface area contributed by atoms with Crippen molar-refractivity contribution in [3.8, 4) is 0 Å². The Hall–Kier alpha value is -2.36. The SMILES string of the molecule is Cc1cccc(NC(=O)NCCc2cccnc2)c1. The number of urea groups is 1. The minimum Gasteiger partial charge on any atom is -0.338 e. The van der Waals surface area contributed by atoms with Crippen LogP contribution in [0.15, 0.2) is 48.8 Å². The lowest BCUT2D eigenvalue weighted by Crippen LogP contribution is -2.30. The lowest BCUT2D eigenvalue weighted by atomic mass is 10.2. The molecule has 0 saturated heterocycles. The highest BCUT2D eigenvalue weighted by Gasteiger charge is 2.01. The van der Waals surface area contributed by atoms with E-state index in [0.717, 1.165) is 23.2 Å². The number of amides is 2. The molecule has 0 aliphatic rings. The Balaban J connectivity index is 1.76. The van der Waals surface area contributed by atoms with E-state index in [0.29, 0.717) is 6.54 Å². The molecule has 0 atom stereocenters. The van der Waals surface area contributed by atoms with Crippen molar-refractivity contribution < 1.29 is 4.79 Å². The Labute approximate surface area is 112 Å². The molecular formula is C15H17N3O. The number of hydrogen-bond acceptors (Lipinski definition) is 2. The quantitative estimate of drug-likeness (QED) is 0.882. The average molecular weight is 255 g/mol. The van der Waals surface area contributed by atoms with Gasteiger partial charge < -0.3 is 10.6 Å². The van der Waals surface area contributed by atoms with Gasteiger partial charge >= 0.3 is 6.03 Å². The molecule has 0 radical (unpaired) electrons. The van der Waals surface area contributed by atoms with Crippen LogP contribution in [0, 0.1) is 6.92 Å². The molecule has 2 amide bonds. The van der Waals surface area contributed by atoms with Crippen LogP contribution in [-0.4, -0.2) is 17.6 Å². The maximum Gasteiger partial charge on any atom is 0.319 e. The van der Waals surface area contributed by atoms with Gasteiger partial charge in [-0.2, -0.15) is 0 Å². The van der Waals surface area contributed by atoms with E-state index in [1.54, 1.807) is 12.4 Å². The number of carbonyl (C=O) groups is 1. The number of aromatic nitrogens is 1. The molecule has 0 saturated carbocycles. The number of nitrogens with one attached hydrogen (secondary N) is 2. The maximum atomic E-state index is 11.7. The van der Waals surface area contributed by atoms with E-state index < -0.39 is 0 Å². The third kappa shape index (κ3) is 4.43. The highest BCUT2D eigenvalue weighted by atomic mass is 16.2. The molecule has 0 bridgehead atoms. The number of rotatable bonds is 4. The maximum absolute atomic E-state index is 11.7. The second-order valence-electron chi connectivity index (χ2n) is 4.36. The normalized spacial score (nSPS) is 9.95. The van der Waals surface area contributed by atoms with Crippen LogP contribution in [0.1, 0.15) is 11.1 Å². The Morgan fingerprint density at radius 2 is 2.16 bits per heavy atom. The summed E-state index contributed by atoms with van der Waals surface area (Å²) in [6.07, 6.45) is 4.32. The zero-order chi connectivity index (χ0) is 13.5. The van der Waals surface area contributed by atoms with Gasteiger partial charge in [0.25, 0.3) is 0 Å². The van der Waals surface area contributed by atoms with Crippen molar-refractivity contribution in [1.29, 1.82) is 0 Å². The zero-order valence-corrected chi connectivity index (χ0v) is 10.9. The minimum atomic E-state index is -0.186. The number of carbonyl (C=O) groups excluding carboxylic acids is 1. The van der Waals surface area contributed by atoms with Crippen molar-refractivity contribution >= 4 is 11.7 Å². The van der Waals surface area contributed by atoms with Crippen LogP contribution in [0.4, 0.5) is 10.5 Å². The van der Waals surface area contributed by atoms with Gasteiger partial charge in [-0.3, -0.25) is 4.98 Å². The predicted molar refractivity (Wildman–Crippen MR) is 76.1 cm³/mol. The summed E-state index contributed by atoms with van der Waals surface area (Å²) in [7, 11) is 0. The van der Waals surface area contributed by atoms with E-state index in [2.05, 4.69) is 15.6 Å². The lowest BCUT2D eigenvalue weighted by molar-refractivity contribution is 0.252. The molecule has 19 heavy (non-hydrogen) atoms. The fraction of sp³-hybridized carbons (Fsp3) is 0.200. The van der Waals surface area contributed by atoms with Crippen LogP contribution in [0.25, 0.3) is 0 Å². The summed E-state index contributed by atoms with van der Waals surface area (Å²) in [5.74, 6) is 0. The predicted octanol–water partition coefficient (Wildman–Crippen LogP) is 2.75. The molecule has 0 spiro atoms. The average Bonchev–Trinajstić information content (AvgIpc) is 2.40. The molecule has 4 heteroatoms. The van der Waals surface area contributed by atoms with Gasteiger partial charge in [0.1, 0.15) is 0 Å². The summed E-state index contributed by atoms with van der Waals surface area (Å²) in [5, 5.41) is 5.62.